The van der Waals surface area contributed by atoms with Gasteiger partial charge in [-0.1, -0.05) is 12.1 Å². The van der Waals surface area contributed by atoms with Crippen LogP contribution in [-0.2, 0) is 0 Å². The fourth-order valence-electron chi connectivity index (χ4n) is 2.63. The molecule has 0 unspecified atom stereocenters. The number of rotatable bonds is 4. The van der Waals surface area contributed by atoms with Crippen LogP contribution in [0, 0.1) is 0 Å². The third-order valence-electron chi connectivity index (χ3n) is 3.56. The molecular weight excluding hydrogens is 244 g/mol. The summed E-state index contributed by atoms with van der Waals surface area (Å²) < 4.78 is 0. The summed E-state index contributed by atoms with van der Waals surface area (Å²) >= 11 is 0. The van der Waals surface area contributed by atoms with Gasteiger partial charge in [0.2, 0.25) is 0 Å². The second-order valence-electron chi connectivity index (χ2n) is 5.04. The topological polar surface area (TPSA) is 24.1 Å². The minimum atomic E-state index is 0.950. The van der Waals surface area contributed by atoms with Crippen molar-refractivity contribution in [3.63, 3.8) is 0 Å². The molecule has 0 amide bonds. The first kappa shape index (κ1) is 12.8. The number of nitrogens with one attached hydrogen (secondary N) is 2. The van der Waals surface area contributed by atoms with Crippen molar-refractivity contribution in [1.29, 1.82) is 0 Å². The van der Waals surface area contributed by atoms with Gasteiger partial charge in [-0.15, -0.1) is 0 Å². The van der Waals surface area contributed by atoms with Gasteiger partial charge in [-0.2, -0.15) is 0 Å². The van der Waals surface area contributed by atoms with E-state index in [-0.39, 0.29) is 0 Å². The molecule has 0 aromatic heterocycles. The fraction of sp³-hybridized carbons (Fsp3) is 0.222. The molecule has 3 rings (SSSR count). The van der Waals surface area contributed by atoms with Gasteiger partial charge in [-0.05, 0) is 71.8 Å². The molecule has 20 heavy (non-hydrogen) atoms. The lowest BCUT2D eigenvalue weighted by atomic mass is 10.0. The van der Waals surface area contributed by atoms with Gasteiger partial charge in [0.05, 0.1) is 0 Å². The van der Waals surface area contributed by atoms with Crippen molar-refractivity contribution in [2.75, 3.05) is 23.7 Å². The van der Waals surface area contributed by atoms with E-state index < -0.39 is 0 Å². The molecule has 0 bridgehead atoms. The van der Waals surface area contributed by atoms with Crippen molar-refractivity contribution in [3.8, 4) is 0 Å². The van der Waals surface area contributed by atoms with E-state index in [9.17, 15) is 0 Å². The van der Waals surface area contributed by atoms with Crippen LogP contribution in [0.1, 0.15) is 13.8 Å². The van der Waals surface area contributed by atoms with Gasteiger partial charge in [0.25, 0.3) is 0 Å². The summed E-state index contributed by atoms with van der Waals surface area (Å²) in [5, 5.41) is 11.9. The monoisotopic (exact) mass is 264 g/mol. The Morgan fingerprint density at radius 3 is 1.45 bits per heavy atom. The highest BCUT2D eigenvalue weighted by atomic mass is 14.9. The maximum atomic E-state index is 3.36. The molecule has 0 saturated carbocycles. The van der Waals surface area contributed by atoms with Crippen molar-refractivity contribution in [3.05, 3.63) is 48.5 Å². The maximum Gasteiger partial charge on any atom is 0.0346 e. The van der Waals surface area contributed by atoms with Gasteiger partial charge >= 0.3 is 0 Å². The zero-order chi connectivity index (χ0) is 13.9. The third kappa shape index (κ3) is 2.42. The lowest BCUT2D eigenvalue weighted by Gasteiger charge is -2.08. The summed E-state index contributed by atoms with van der Waals surface area (Å²) in [6.07, 6.45) is 0. The van der Waals surface area contributed by atoms with E-state index in [4.69, 9.17) is 0 Å². The van der Waals surface area contributed by atoms with Crippen LogP contribution >= 0.6 is 0 Å². The fourth-order valence-corrected chi connectivity index (χ4v) is 2.63. The number of fused-ring (bicyclic) bond motifs is 2. The molecule has 0 spiro atoms. The molecule has 0 heterocycles. The normalized spacial score (nSPS) is 10.9. The zero-order valence-electron chi connectivity index (χ0n) is 12.0. The first-order chi connectivity index (χ1) is 9.80. The second-order valence-corrected chi connectivity index (χ2v) is 5.04. The molecule has 0 fully saturated rings. The molecule has 0 atom stereocenters. The second kappa shape index (κ2) is 5.41. The molecular formula is C18H20N2. The molecule has 0 radical (unpaired) electrons. The van der Waals surface area contributed by atoms with Crippen LogP contribution in [0.4, 0.5) is 11.4 Å². The molecule has 0 aliphatic rings. The summed E-state index contributed by atoms with van der Waals surface area (Å²) in [7, 11) is 0. The molecule has 0 aliphatic heterocycles. The predicted molar refractivity (Wildman–Crippen MR) is 89.8 cm³/mol. The molecule has 2 N–H and O–H groups in total. The van der Waals surface area contributed by atoms with E-state index in [0.717, 1.165) is 13.1 Å². The van der Waals surface area contributed by atoms with Gasteiger partial charge < -0.3 is 10.6 Å². The number of benzene rings is 3. The van der Waals surface area contributed by atoms with Crippen LogP contribution in [0.3, 0.4) is 0 Å². The number of hydrogen-bond acceptors (Lipinski definition) is 2. The molecule has 2 heteroatoms. The summed E-state index contributed by atoms with van der Waals surface area (Å²) in [5.41, 5.74) is 2.37. The van der Waals surface area contributed by atoms with Crippen molar-refractivity contribution in [1.82, 2.24) is 0 Å². The minimum Gasteiger partial charge on any atom is -0.385 e. The SMILES string of the molecule is CCNc1ccc2cc3cc(NCC)ccc3cc2c1. The van der Waals surface area contributed by atoms with E-state index in [1.165, 1.54) is 32.9 Å². The van der Waals surface area contributed by atoms with Crippen LogP contribution in [0.25, 0.3) is 21.5 Å². The Balaban J connectivity index is 2.12. The third-order valence-corrected chi connectivity index (χ3v) is 3.56. The highest BCUT2D eigenvalue weighted by Gasteiger charge is 2.01. The Hall–Kier alpha value is -2.22. The Bertz CT molecular complexity index is 681. The quantitative estimate of drug-likeness (QED) is 0.658. The first-order valence-corrected chi connectivity index (χ1v) is 7.25. The number of hydrogen-bond donors (Lipinski definition) is 2. The van der Waals surface area contributed by atoms with Crippen LogP contribution in [0.2, 0.25) is 0 Å². The highest BCUT2D eigenvalue weighted by molar-refractivity contribution is 6.00. The predicted octanol–water partition coefficient (Wildman–Crippen LogP) is 4.86. The van der Waals surface area contributed by atoms with E-state index >= 15 is 0 Å². The molecule has 3 aromatic rings. The lowest BCUT2D eigenvalue weighted by Crippen LogP contribution is -1.96. The molecule has 3 aromatic carbocycles. The summed E-state index contributed by atoms with van der Waals surface area (Å²) in [4.78, 5) is 0. The Kier molecular flexibility index (Phi) is 3.46. The Morgan fingerprint density at radius 2 is 1.05 bits per heavy atom. The van der Waals surface area contributed by atoms with Crippen LogP contribution in [-0.4, -0.2) is 13.1 Å². The van der Waals surface area contributed by atoms with Crippen molar-refractivity contribution in [2.24, 2.45) is 0 Å². The Morgan fingerprint density at radius 1 is 0.600 bits per heavy atom. The number of anilines is 2. The molecule has 0 aliphatic carbocycles. The average molecular weight is 264 g/mol. The van der Waals surface area contributed by atoms with Gasteiger partial charge in [0.15, 0.2) is 0 Å². The summed E-state index contributed by atoms with van der Waals surface area (Å²) in [6, 6.07) is 17.6. The standard InChI is InChI=1S/C18H20N2/c1-3-19-17-7-5-13-10-16-12-18(20-4-2)8-6-14(16)9-15(13)11-17/h5-12,19-20H,3-4H2,1-2H3. The molecule has 0 saturated heterocycles. The van der Waals surface area contributed by atoms with Gasteiger partial charge in [-0.25, -0.2) is 0 Å². The zero-order valence-corrected chi connectivity index (χ0v) is 12.0. The smallest absolute Gasteiger partial charge is 0.0346 e. The summed E-state index contributed by atoms with van der Waals surface area (Å²) in [5.74, 6) is 0. The van der Waals surface area contributed by atoms with Crippen LogP contribution < -0.4 is 10.6 Å². The van der Waals surface area contributed by atoms with Crippen LogP contribution in [0.15, 0.2) is 48.5 Å². The van der Waals surface area contributed by atoms with Gasteiger partial charge in [-0.3, -0.25) is 0 Å². The van der Waals surface area contributed by atoms with Gasteiger partial charge in [0.1, 0.15) is 0 Å². The first-order valence-electron chi connectivity index (χ1n) is 7.25. The average Bonchev–Trinajstić information content (AvgIpc) is 2.46. The van der Waals surface area contributed by atoms with Crippen molar-refractivity contribution in [2.45, 2.75) is 13.8 Å². The van der Waals surface area contributed by atoms with E-state index in [0.29, 0.717) is 0 Å². The van der Waals surface area contributed by atoms with E-state index in [1.54, 1.807) is 0 Å². The van der Waals surface area contributed by atoms with Crippen molar-refractivity contribution < 1.29 is 0 Å². The Labute approximate surface area is 119 Å². The van der Waals surface area contributed by atoms with E-state index in [2.05, 4.69) is 73.0 Å². The largest absolute Gasteiger partial charge is 0.385 e. The lowest BCUT2D eigenvalue weighted by molar-refractivity contribution is 1.21. The molecule has 2 nitrogen and oxygen atoms in total. The van der Waals surface area contributed by atoms with Crippen LogP contribution in [0.5, 0.6) is 0 Å². The maximum absolute atomic E-state index is 3.36. The minimum absolute atomic E-state index is 0.950. The molecule has 102 valence electrons. The summed E-state index contributed by atoms with van der Waals surface area (Å²) in [6.45, 7) is 6.13. The van der Waals surface area contributed by atoms with E-state index in [1.807, 2.05) is 0 Å². The van der Waals surface area contributed by atoms with Crippen molar-refractivity contribution >= 4 is 32.9 Å². The van der Waals surface area contributed by atoms with Gasteiger partial charge in [0, 0.05) is 24.5 Å². The highest BCUT2D eigenvalue weighted by Crippen LogP contribution is 2.27.